The molecule has 1 N–H and O–H groups in total. The molecule has 1 fully saturated rings. The number of H-pyrrole nitrogens is 1. The normalized spacial score (nSPS) is 23.0. The van der Waals surface area contributed by atoms with Gasteiger partial charge in [-0.3, -0.25) is 14.7 Å². The van der Waals surface area contributed by atoms with Crippen LogP contribution >= 0.6 is 0 Å². The molecule has 30 heavy (non-hydrogen) atoms. The number of hydrogen-bond donors (Lipinski definition) is 1. The number of piperidine rings is 1. The molecule has 2 aliphatic rings. The number of hydrogen-bond acceptors (Lipinski definition) is 3. The number of carbonyl (C=O) groups excluding carboxylic acids is 1. The minimum atomic E-state index is -0.0171. The van der Waals surface area contributed by atoms with Gasteiger partial charge in [0.1, 0.15) is 0 Å². The Morgan fingerprint density at radius 3 is 2.83 bits per heavy atom. The molecule has 0 aliphatic carbocycles. The van der Waals surface area contributed by atoms with E-state index in [4.69, 9.17) is 0 Å². The summed E-state index contributed by atoms with van der Waals surface area (Å²) in [6.07, 6.45) is 3.08. The number of aromatic amines is 1. The third-order valence-electron chi connectivity index (χ3n) is 6.80. The maximum absolute atomic E-state index is 13.4. The molecular formula is C24H28N4O2. The molecule has 2 aliphatic heterocycles. The Bertz CT molecular complexity index is 1150. The van der Waals surface area contributed by atoms with E-state index in [0.717, 1.165) is 35.9 Å². The molecule has 156 valence electrons. The highest BCUT2D eigenvalue weighted by molar-refractivity contribution is 6.04. The van der Waals surface area contributed by atoms with Crippen LogP contribution in [0, 0.1) is 11.8 Å². The lowest BCUT2D eigenvalue weighted by Crippen LogP contribution is -2.51. The first kappa shape index (κ1) is 19.1. The van der Waals surface area contributed by atoms with Gasteiger partial charge >= 0.3 is 0 Å². The molecule has 2 bridgehead atoms. The summed E-state index contributed by atoms with van der Waals surface area (Å²) in [5.74, 6) is 1.06. The fraction of sp³-hybridized carbons (Fsp3) is 0.458. The second kappa shape index (κ2) is 7.42. The van der Waals surface area contributed by atoms with Crippen LogP contribution in [-0.4, -0.2) is 38.7 Å². The average Bonchev–Trinajstić information content (AvgIpc) is 3.17. The van der Waals surface area contributed by atoms with Crippen molar-refractivity contribution in [3.63, 3.8) is 0 Å². The van der Waals surface area contributed by atoms with Gasteiger partial charge in [0.2, 0.25) is 0 Å². The SMILES string of the molecule is CC(C)CC[C@H]1[C@H]2C[C@H](CN(C(=O)c3n[nH]c4ccccc34)C2)c2cccc(=O)n21. The number of aromatic nitrogens is 3. The molecule has 0 unspecified atom stereocenters. The number of nitrogens with zero attached hydrogens (tertiary/aromatic N) is 3. The van der Waals surface area contributed by atoms with Crippen LogP contribution < -0.4 is 5.56 Å². The molecule has 6 nitrogen and oxygen atoms in total. The van der Waals surface area contributed by atoms with Crippen LogP contribution in [0.5, 0.6) is 0 Å². The number of para-hydroxylation sites is 1. The number of fused-ring (bicyclic) bond motifs is 5. The van der Waals surface area contributed by atoms with E-state index >= 15 is 0 Å². The number of amides is 1. The van der Waals surface area contributed by atoms with Crippen molar-refractivity contribution in [2.45, 2.75) is 45.1 Å². The summed E-state index contributed by atoms with van der Waals surface area (Å²) in [6.45, 7) is 5.76. The zero-order valence-electron chi connectivity index (χ0n) is 17.5. The number of likely N-dealkylation sites (tertiary alicyclic amines) is 1. The molecule has 1 amide bonds. The van der Waals surface area contributed by atoms with Crippen molar-refractivity contribution in [3.8, 4) is 0 Å². The number of pyridine rings is 1. The van der Waals surface area contributed by atoms with Crippen molar-refractivity contribution in [1.29, 1.82) is 0 Å². The van der Waals surface area contributed by atoms with E-state index < -0.39 is 0 Å². The van der Waals surface area contributed by atoms with Crippen LogP contribution in [-0.2, 0) is 0 Å². The lowest BCUT2D eigenvalue weighted by molar-refractivity contribution is 0.0510. The lowest BCUT2D eigenvalue weighted by atomic mass is 9.76. The highest BCUT2D eigenvalue weighted by atomic mass is 16.2. The molecular weight excluding hydrogens is 376 g/mol. The van der Waals surface area contributed by atoms with Crippen molar-refractivity contribution in [2.75, 3.05) is 13.1 Å². The predicted molar refractivity (Wildman–Crippen MR) is 117 cm³/mol. The Kier molecular flexibility index (Phi) is 4.72. The van der Waals surface area contributed by atoms with Gasteiger partial charge in [0.25, 0.3) is 11.5 Å². The summed E-state index contributed by atoms with van der Waals surface area (Å²) in [6, 6.07) is 13.5. The highest BCUT2D eigenvalue weighted by Crippen LogP contribution is 2.43. The van der Waals surface area contributed by atoms with Gasteiger partial charge in [-0.15, -0.1) is 0 Å². The number of rotatable bonds is 4. The van der Waals surface area contributed by atoms with Gasteiger partial charge < -0.3 is 9.47 Å². The van der Waals surface area contributed by atoms with Crippen molar-refractivity contribution in [2.24, 2.45) is 11.8 Å². The van der Waals surface area contributed by atoms with Gasteiger partial charge in [0.15, 0.2) is 5.69 Å². The summed E-state index contributed by atoms with van der Waals surface area (Å²) in [5, 5.41) is 8.18. The third kappa shape index (κ3) is 3.15. The first-order valence-electron chi connectivity index (χ1n) is 11.0. The molecule has 1 saturated heterocycles. The van der Waals surface area contributed by atoms with E-state index in [9.17, 15) is 9.59 Å². The quantitative estimate of drug-likeness (QED) is 0.715. The summed E-state index contributed by atoms with van der Waals surface area (Å²) < 4.78 is 2.03. The lowest BCUT2D eigenvalue weighted by Gasteiger charge is -2.47. The van der Waals surface area contributed by atoms with Gasteiger partial charge in [-0.1, -0.05) is 38.1 Å². The van der Waals surface area contributed by atoms with Crippen molar-refractivity contribution in [1.82, 2.24) is 19.7 Å². The van der Waals surface area contributed by atoms with Crippen LogP contribution in [0.2, 0.25) is 0 Å². The van der Waals surface area contributed by atoms with E-state index in [-0.39, 0.29) is 23.4 Å². The maximum atomic E-state index is 13.4. The zero-order valence-corrected chi connectivity index (χ0v) is 17.5. The largest absolute Gasteiger partial charge is 0.336 e. The Morgan fingerprint density at radius 2 is 2.00 bits per heavy atom. The highest BCUT2D eigenvalue weighted by Gasteiger charge is 2.42. The molecule has 4 heterocycles. The van der Waals surface area contributed by atoms with E-state index in [1.807, 2.05) is 39.8 Å². The van der Waals surface area contributed by atoms with E-state index in [1.54, 1.807) is 6.07 Å². The summed E-state index contributed by atoms with van der Waals surface area (Å²) in [4.78, 5) is 28.2. The molecule has 3 aromatic rings. The fourth-order valence-corrected chi connectivity index (χ4v) is 5.36. The zero-order chi connectivity index (χ0) is 20.8. The van der Waals surface area contributed by atoms with Gasteiger partial charge in [0.05, 0.1) is 5.52 Å². The first-order chi connectivity index (χ1) is 14.5. The van der Waals surface area contributed by atoms with Crippen LogP contribution in [0.15, 0.2) is 47.3 Å². The molecule has 0 radical (unpaired) electrons. The van der Waals surface area contributed by atoms with Crippen LogP contribution in [0.3, 0.4) is 0 Å². The van der Waals surface area contributed by atoms with Gasteiger partial charge in [-0.2, -0.15) is 5.10 Å². The molecule has 0 spiro atoms. The number of nitrogens with one attached hydrogen (secondary N) is 1. The molecule has 3 atom stereocenters. The summed E-state index contributed by atoms with van der Waals surface area (Å²) in [5.41, 5.74) is 2.55. The van der Waals surface area contributed by atoms with Crippen molar-refractivity contribution >= 4 is 16.8 Å². The number of benzene rings is 1. The fourth-order valence-electron chi connectivity index (χ4n) is 5.36. The van der Waals surface area contributed by atoms with Gasteiger partial charge in [-0.05, 0) is 43.2 Å². The minimum absolute atomic E-state index is 0.0171. The number of carbonyl (C=O) groups is 1. The van der Waals surface area contributed by atoms with Crippen LogP contribution in [0.25, 0.3) is 10.9 Å². The van der Waals surface area contributed by atoms with Gasteiger partial charge in [-0.25, -0.2) is 0 Å². The van der Waals surface area contributed by atoms with Crippen LogP contribution in [0.1, 0.15) is 61.3 Å². The van der Waals surface area contributed by atoms with Crippen molar-refractivity contribution in [3.05, 3.63) is 64.2 Å². The standard InChI is InChI=1S/C24H28N4O2/c1-15(2)10-11-21-17-12-16(20-8-5-9-22(29)28(20)21)13-27(14-17)24(30)23-18-6-3-4-7-19(18)25-26-23/h3-9,15-17,21H,10-14H2,1-2H3,(H,25,26)/t16-,17+,21+/m1/s1. The Morgan fingerprint density at radius 1 is 1.17 bits per heavy atom. The van der Waals surface area contributed by atoms with Crippen LogP contribution in [0.4, 0.5) is 0 Å². The second-order valence-corrected chi connectivity index (χ2v) is 9.22. The molecule has 2 aromatic heterocycles. The molecule has 6 heteroatoms. The van der Waals surface area contributed by atoms with Crippen molar-refractivity contribution < 1.29 is 4.79 Å². The predicted octanol–water partition coefficient (Wildman–Crippen LogP) is 3.96. The summed E-state index contributed by atoms with van der Waals surface area (Å²) in [7, 11) is 0. The molecule has 1 aromatic carbocycles. The van der Waals surface area contributed by atoms with E-state index in [0.29, 0.717) is 30.6 Å². The summed E-state index contributed by atoms with van der Waals surface area (Å²) >= 11 is 0. The molecule has 0 saturated carbocycles. The van der Waals surface area contributed by atoms with E-state index in [2.05, 4.69) is 30.1 Å². The van der Waals surface area contributed by atoms with E-state index in [1.165, 1.54) is 0 Å². The first-order valence-corrected chi connectivity index (χ1v) is 11.0. The second-order valence-electron chi connectivity index (χ2n) is 9.22. The Hall–Kier alpha value is -2.89. The average molecular weight is 405 g/mol. The minimum Gasteiger partial charge on any atom is -0.336 e. The Labute approximate surface area is 175 Å². The van der Waals surface area contributed by atoms with Gasteiger partial charge in [0, 0.05) is 42.2 Å². The Balaban J connectivity index is 1.49. The molecule has 5 rings (SSSR count). The monoisotopic (exact) mass is 404 g/mol. The topological polar surface area (TPSA) is 71.0 Å². The third-order valence-corrected chi connectivity index (χ3v) is 6.80. The maximum Gasteiger partial charge on any atom is 0.275 e. The smallest absolute Gasteiger partial charge is 0.275 e.